The van der Waals surface area contributed by atoms with Crippen molar-refractivity contribution in [3.8, 4) is 11.3 Å². The zero-order chi connectivity index (χ0) is 15.4. The second-order valence-electron chi connectivity index (χ2n) is 5.13. The lowest BCUT2D eigenvalue weighted by Crippen LogP contribution is -2.24. The van der Waals surface area contributed by atoms with Gasteiger partial charge in [0.1, 0.15) is 5.69 Å². The fraction of sp³-hybridized carbons (Fsp3) is 0.133. The van der Waals surface area contributed by atoms with Gasteiger partial charge in [-0.2, -0.15) is 5.10 Å². The summed E-state index contributed by atoms with van der Waals surface area (Å²) >= 11 is 0. The molecule has 0 aliphatic carbocycles. The number of pyridine rings is 2. The third-order valence-electron chi connectivity index (χ3n) is 3.84. The summed E-state index contributed by atoms with van der Waals surface area (Å²) in [4.78, 5) is 34.1. The van der Waals surface area contributed by atoms with Gasteiger partial charge in [0.15, 0.2) is 5.65 Å². The first-order valence-electron chi connectivity index (χ1n) is 6.68. The molecule has 1 aliphatic rings. The zero-order valence-corrected chi connectivity index (χ0v) is 11.9. The number of rotatable bonds is 1. The molecule has 2 amide bonds. The first-order chi connectivity index (χ1) is 10.6. The van der Waals surface area contributed by atoms with Gasteiger partial charge in [0.2, 0.25) is 0 Å². The van der Waals surface area contributed by atoms with E-state index in [9.17, 15) is 9.59 Å². The largest absolute Gasteiger partial charge is 0.277 e. The molecular formula is C15H11N5O2. The van der Waals surface area contributed by atoms with E-state index >= 15 is 0 Å². The van der Waals surface area contributed by atoms with Crippen LogP contribution in [0, 0.1) is 0 Å². The highest BCUT2D eigenvalue weighted by Gasteiger charge is 2.37. The second-order valence-corrected chi connectivity index (χ2v) is 5.13. The molecule has 0 radical (unpaired) electrons. The lowest BCUT2D eigenvalue weighted by molar-refractivity contribution is 0.0693. The highest BCUT2D eigenvalue weighted by molar-refractivity contribution is 6.27. The van der Waals surface area contributed by atoms with Crippen molar-refractivity contribution in [3.05, 3.63) is 41.9 Å². The van der Waals surface area contributed by atoms with Crippen LogP contribution in [0.3, 0.4) is 0 Å². The van der Waals surface area contributed by atoms with E-state index < -0.39 is 0 Å². The molecule has 7 nitrogen and oxygen atoms in total. The minimum absolute atomic E-state index is 0.318. The third kappa shape index (κ3) is 1.47. The van der Waals surface area contributed by atoms with E-state index in [2.05, 4.69) is 15.1 Å². The number of carbonyl (C=O) groups excluding carboxylic acids is 2. The third-order valence-corrected chi connectivity index (χ3v) is 3.84. The SMILES string of the molecule is CN1C(=O)c2cnc3c(c(-c4cccnc4)nn3C)c2C1=O. The molecule has 22 heavy (non-hydrogen) atoms. The Hall–Kier alpha value is -3.09. The first kappa shape index (κ1) is 12.6. The number of hydrogen-bond acceptors (Lipinski definition) is 5. The molecule has 0 bridgehead atoms. The lowest BCUT2D eigenvalue weighted by atomic mass is 10.0. The summed E-state index contributed by atoms with van der Waals surface area (Å²) in [5.74, 6) is -0.666. The molecule has 3 aromatic heterocycles. The molecule has 3 aromatic rings. The molecular weight excluding hydrogens is 282 g/mol. The summed E-state index contributed by atoms with van der Waals surface area (Å²) in [6.07, 6.45) is 4.78. The van der Waals surface area contributed by atoms with E-state index in [1.165, 1.54) is 13.2 Å². The topological polar surface area (TPSA) is 81.0 Å². The quantitative estimate of drug-likeness (QED) is 0.631. The van der Waals surface area contributed by atoms with Gasteiger partial charge in [-0.3, -0.25) is 19.5 Å². The summed E-state index contributed by atoms with van der Waals surface area (Å²) in [7, 11) is 3.23. The summed E-state index contributed by atoms with van der Waals surface area (Å²) in [5.41, 5.74) is 2.63. The van der Waals surface area contributed by atoms with Crippen LogP contribution < -0.4 is 0 Å². The Morgan fingerprint density at radius 3 is 2.64 bits per heavy atom. The van der Waals surface area contributed by atoms with Gasteiger partial charge >= 0.3 is 0 Å². The number of aromatic nitrogens is 4. The molecule has 108 valence electrons. The van der Waals surface area contributed by atoms with Gasteiger partial charge in [-0.05, 0) is 12.1 Å². The molecule has 4 rings (SSSR count). The molecule has 1 aliphatic heterocycles. The number of fused-ring (bicyclic) bond motifs is 3. The number of hydrogen-bond donors (Lipinski definition) is 0. The highest BCUT2D eigenvalue weighted by atomic mass is 16.2. The van der Waals surface area contributed by atoms with Gasteiger partial charge in [0, 0.05) is 38.2 Å². The van der Waals surface area contributed by atoms with E-state index in [4.69, 9.17) is 0 Å². The predicted octanol–water partition coefficient (Wildman–Crippen LogP) is 1.26. The maximum atomic E-state index is 12.4. The van der Waals surface area contributed by atoms with Gasteiger partial charge in [0.05, 0.1) is 16.5 Å². The molecule has 7 heteroatoms. The molecule has 0 N–H and O–H groups in total. The van der Waals surface area contributed by atoms with Gasteiger partial charge in [-0.15, -0.1) is 0 Å². The number of imide groups is 1. The monoisotopic (exact) mass is 293 g/mol. The van der Waals surface area contributed by atoms with Gasteiger partial charge in [0.25, 0.3) is 11.8 Å². The van der Waals surface area contributed by atoms with Crippen LogP contribution in [0.15, 0.2) is 30.7 Å². The fourth-order valence-electron chi connectivity index (χ4n) is 2.75. The maximum Gasteiger partial charge on any atom is 0.262 e. The van der Waals surface area contributed by atoms with Crippen LogP contribution in [-0.4, -0.2) is 43.5 Å². The van der Waals surface area contributed by atoms with Gasteiger partial charge < -0.3 is 0 Å². The minimum Gasteiger partial charge on any atom is -0.277 e. The molecule has 0 aromatic carbocycles. The molecule has 4 heterocycles. The van der Waals surface area contributed by atoms with Crippen molar-refractivity contribution in [1.29, 1.82) is 0 Å². The summed E-state index contributed by atoms with van der Waals surface area (Å²) < 4.78 is 1.61. The van der Waals surface area contributed by atoms with Crippen molar-refractivity contribution in [3.63, 3.8) is 0 Å². The van der Waals surface area contributed by atoms with Crippen LogP contribution in [0.2, 0.25) is 0 Å². The number of amides is 2. The predicted molar refractivity (Wildman–Crippen MR) is 78.2 cm³/mol. The van der Waals surface area contributed by atoms with Crippen LogP contribution in [0.1, 0.15) is 20.7 Å². The Labute approximate surface area is 125 Å². The van der Waals surface area contributed by atoms with Crippen LogP contribution >= 0.6 is 0 Å². The summed E-state index contributed by atoms with van der Waals surface area (Å²) in [6, 6.07) is 3.66. The van der Waals surface area contributed by atoms with Crippen LogP contribution in [0.5, 0.6) is 0 Å². The molecule has 0 saturated carbocycles. The van der Waals surface area contributed by atoms with Crippen molar-refractivity contribution in [2.45, 2.75) is 0 Å². The maximum absolute atomic E-state index is 12.4. The molecule has 0 fully saturated rings. The second kappa shape index (κ2) is 4.20. The Bertz CT molecular complexity index is 945. The van der Waals surface area contributed by atoms with Crippen molar-refractivity contribution >= 4 is 22.8 Å². The zero-order valence-electron chi connectivity index (χ0n) is 11.9. The molecule has 0 unspecified atom stereocenters. The van der Waals surface area contributed by atoms with Crippen LogP contribution in [0.4, 0.5) is 0 Å². The summed E-state index contributed by atoms with van der Waals surface area (Å²) in [5, 5.41) is 5.05. The lowest BCUT2D eigenvalue weighted by Gasteiger charge is -2.03. The number of carbonyl (C=O) groups is 2. The molecule has 0 atom stereocenters. The van der Waals surface area contributed by atoms with Crippen molar-refractivity contribution in [2.24, 2.45) is 7.05 Å². The van der Waals surface area contributed by atoms with Crippen molar-refractivity contribution in [2.75, 3.05) is 7.05 Å². The molecule has 0 spiro atoms. The normalized spacial score (nSPS) is 14.0. The number of aryl methyl sites for hydroxylation is 1. The highest BCUT2D eigenvalue weighted by Crippen LogP contribution is 2.34. The smallest absolute Gasteiger partial charge is 0.262 e. The Morgan fingerprint density at radius 1 is 1.09 bits per heavy atom. The standard InChI is InChI=1S/C15H11N5O2/c1-19-14(21)9-7-17-13-11(10(9)15(19)22)12(18-20(13)2)8-4-3-5-16-6-8/h3-7H,1-2H3. The first-order valence-corrected chi connectivity index (χ1v) is 6.68. The average Bonchev–Trinajstić information content (AvgIpc) is 2.99. The van der Waals surface area contributed by atoms with Crippen LogP contribution in [-0.2, 0) is 7.05 Å². The Kier molecular flexibility index (Phi) is 2.41. The van der Waals surface area contributed by atoms with Crippen LogP contribution in [0.25, 0.3) is 22.3 Å². The molecule has 0 saturated heterocycles. The number of nitrogens with zero attached hydrogens (tertiary/aromatic N) is 5. The van der Waals surface area contributed by atoms with E-state index in [0.717, 1.165) is 10.5 Å². The van der Waals surface area contributed by atoms with Crippen molar-refractivity contribution < 1.29 is 9.59 Å². The van der Waals surface area contributed by atoms with E-state index in [-0.39, 0.29) is 11.8 Å². The minimum atomic E-state index is -0.338. The van der Waals surface area contributed by atoms with Gasteiger partial charge in [-0.1, -0.05) is 0 Å². The fourth-order valence-corrected chi connectivity index (χ4v) is 2.75. The van der Waals surface area contributed by atoms with E-state index in [1.807, 2.05) is 6.07 Å². The van der Waals surface area contributed by atoms with E-state index in [1.54, 1.807) is 30.2 Å². The van der Waals surface area contributed by atoms with Gasteiger partial charge in [-0.25, -0.2) is 9.67 Å². The Morgan fingerprint density at radius 2 is 1.91 bits per heavy atom. The van der Waals surface area contributed by atoms with E-state index in [0.29, 0.717) is 27.9 Å². The van der Waals surface area contributed by atoms with Crippen molar-refractivity contribution in [1.82, 2.24) is 24.6 Å². The Balaban J connectivity index is 2.14. The summed E-state index contributed by atoms with van der Waals surface area (Å²) in [6.45, 7) is 0. The average molecular weight is 293 g/mol.